The molecule has 0 amide bonds. The van der Waals surface area contributed by atoms with Crippen LogP contribution in [0.3, 0.4) is 0 Å². The molecule has 17 heavy (non-hydrogen) atoms. The van der Waals surface area contributed by atoms with E-state index in [-0.39, 0.29) is 24.3 Å². The van der Waals surface area contributed by atoms with Crippen molar-refractivity contribution in [1.82, 2.24) is 4.90 Å². The van der Waals surface area contributed by atoms with E-state index >= 15 is 0 Å². The van der Waals surface area contributed by atoms with Crippen molar-refractivity contribution in [3.63, 3.8) is 0 Å². The molecule has 0 aliphatic carbocycles. The summed E-state index contributed by atoms with van der Waals surface area (Å²) in [6.45, 7) is 4.63. The van der Waals surface area contributed by atoms with Gasteiger partial charge in [0.15, 0.2) is 0 Å². The highest BCUT2D eigenvalue weighted by Gasteiger charge is 2.20. The van der Waals surface area contributed by atoms with E-state index in [1.165, 1.54) is 0 Å². The van der Waals surface area contributed by atoms with Gasteiger partial charge in [-0.1, -0.05) is 19.1 Å². The molecule has 0 spiro atoms. The third-order valence-electron chi connectivity index (χ3n) is 3.29. The highest BCUT2D eigenvalue weighted by molar-refractivity contribution is 5.85. The van der Waals surface area contributed by atoms with Crippen molar-refractivity contribution < 1.29 is 4.39 Å². The largest absolute Gasteiger partial charge is 0.326 e. The third kappa shape index (κ3) is 3.41. The summed E-state index contributed by atoms with van der Waals surface area (Å²) in [6, 6.07) is 5.60. The number of nitrogens with two attached hydrogens (primary N) is 1. The lowest BCUT2D eigenvalue weighted by molar-refractivity contribution is 0.320. The lowest BCUT2D eigenvalue weighted by Gasteiger charge is -2.18. The summed E-state index contributed by atoms with van der Waals surface area (Å²) in [6.07, 6.45) is 1.91. The standard InChI is InChI=1S/C13H19FN2.ClH/c1-2-10-4-3-5-13(14)12(10)9-16-7-6-11(15)8-16;/h3-5,11H,2,6-9,15H2,1H3;1H. The molecule has 2 N–H and O–H groups in total. The SMILES string of the molecule is CCc1cccc(F)c1CN1CCC(N)C1.Cl. The molecule has 1 aromatic carbocycles. The second-order valence-corrected chi connectivity index (χ2v) is 4.51. The topological polar surface area (TPSA) is 29.3 Å². The van der Waals surface area contributed by atoms with Crippen LogP contribution in [0.2, 0.25) is 0 Å². The van der Waals surface area contributed by atoms with Gasteiger partial charge in [0.2, 0.25) is 0 Å². The van der Waals surface area contributed by atoms with Crippen LogP contribution in [-0.2, 0) is 13.0 Å². The molecule has 1 heterocycles. The van der Waals surface area contributed by atoms with E-state index in [4.69, 9.17) is 5.73 Å². The molecule has 2 rings (SSSR count). The van der Waals surface area contributed by atoms with Crippen molar-refractivity contribution in [3.05, 3.63) is 35.1 Å². The number of halogens is 2. The van der Waals surface area contributed by atoms with Crippen LogP contribution in [0.25, 0.3) is 0 Å². The fraction of sp³-hybridized carbons (Fsp3) is 0.538. The van der Waals surface area contributed by atoms with Gasteiger partial charge < -0.3 is 5.73 Å². The molecule has 4 heteroatoms. The normalized spacial score (nSPS) is 20.3. The van der Waals surface area contributed by atoms with Crippen LogP contribution in [0.5, 0.6) is 0 Å². The first-order valence-corrected chi connectivity index (χ1v) is 5.95. The smallest absolute Gasteiger partial charge is 0.127 e. The van der Waals surface area contributed by atoms with Gasteiger partial charge in [0.1, 0.15) is 5.82 Å². The van der Waals surface area contributed by atoms with Crippen molar-refractivity contribution in [2.75, 3.05) is 13.1 Å². The van der Waals surface area contributed by atoms with Crippen LogP contribution in [0.15, 0.2) is 18.2 Å². The first-order valence-electron chi connectivity index (χ1n) is 5.95. The number of hydrogen-bond acceptors (Lipinski definition) is 2. The molecule has 0 saturated carbocycles. The molecule has 96 valence electrons. The van der Waals surface area contributed by atoms with Crippen LogP contribution in [0.1, 0.15) is 24.5 Å². The van der Waals surface area contributed by atoms with Crippen molar-refractivity contribution >= 4 is 12.4 Å². The van der Waals surface area contributed by atoms with Gasteiger partial charge >= 0.3 is 0 Å². The van der Waals surface area contributed by atoms with Crippen LogP contribution >= 0.6 is 12.4 Å². The Balaban J connectivity index is 0.00000144. The third-order valence-corrected chi connectivity index (χ3v) is 3.29. The number of likely N-dealkylation sites (tertiary alicyclic amines) is 1. The molecule has 1 aromatic rings. The Hall–Kier alpha value is -0.640. The zero-order valence-electron chi connectivity index (χ0n) is 10.2. The van der Waals surface area contributed by atoms with Crippen LogP contribution in [0, 0.1) is 5.82 Å². The van der Waals surface area contributed by atoms with Crippen molar-refractivity contribution in [2.45, 2.75) is 32.4 Å². The molecule has 1 saturated heterocycles. The number of rotatable bonds is 3. The van der Waals surface area contributed by atoms with Crippen molar-refractivity contribution in [2.24, 2.45) is 5.73 Å². The van der Waals surface area contributed by atoms with Gasteiger partial charge in [-0.05, 0) is 24.5 Å². The fourth-order valence-corrected chi connectivity index (χ4v) is 2.34. The van der Waals surface area contributed by atoms with Crippen molar-refractivity contribution in [3.8, 4) is 0 Å². The molecule has 1 aliphatic heterocycles. The Morgan fingerprint density at radius 2 is 2.24 bits per heavy atom. The minimum Gasteiger partial charge on any atom is -0.326 e. The summed E-state index contributed by atoms with van der Waals surface area (Å²) in [7, 11) is 0. The van der Waals surface area contributed by atoms with E-state index in [0.717, 1.165) is 37.1 Å². The van der Waals surface area contributed by atoms with Gasteiger partial charge in [0.25, 0.3) is 0 Å². The minimum atomic E-state index is -0.0835. The molecule has 1 atom stereocenters. The van der Waals surface area contributed by atoms with E-state index < -0.39 is 0 Å². The average Bonchev–Trinajstić information content (AvgIpc) is 2.67. The zero-order valence-corrected chi connectivity index (χ0v) is 11.0. The summed E-state index contributed by atoms with van der Waals surface area (Å²) in [5, 5.41) is 0. The summed E-state index contributed by atoms with van der Waals surface area (Å²) in [5.74, 6) is -0.0835. The Kier molecular flexibility index (Phi) is 5.37. The summed E-state index contributed by atoms with van der Waals surface area (Å²) < 4.78 is 13.7. The first-order chi connectivity index (χ1) is 7.70. The van der Waals surface area contributed by atoms with Gasteiger partial charge in [0, 0.05) is 31.2 Å². The Labute approximate surface area is 108 Å². The second-order valence-electron chi connectivity index (χ2n) is 4.51. The van der Waals surface area contributed by atoms with E-state index in [9.17, 15) is 4.39 Å². The fourth-order valence-electron chi connectivity index (χ4n) is 2.34. The minimum absolute atomic E-state index is 0. The van der Waals surface area contributed by atoms with E-state index in [2.05, 4.69) is 11.8 Å². The summed E-state index contributed by atoms with van der Waals surface area (Å²) in [5.41, 5.74) is 7.81. The van der Waals surface area contributed by atoms with Gasteiger partial charge in [0.05, 0.1) is 0 Å². The zero-order chi connectivity index (χ0) is 11.5. The molecule has 2 nitrogen and oxygen atoms in total. The summed E-state index contributed by atoms with van der Waals surface area (Å²) in [4.78, 5) is 2.24. The predicted molar refractivity (Wildman–Crippen MR) is 70.9 cm³/mol. The molecule has 1 aliphatic rings. The second kappa shape index (κ2) is 6.34. The van der Waals surface area contributed by atoms with Gasteiger partial charge in [-0.3, -0.25) is 4.90 Å². The van der Waals surface area contributed by atoms with Crippen LogP contribution in [0.4, 0.5) is 4.39 Å². The summed E-state index contributed by atoms with van der Waals surface area (Å²) >= 11 is 0. The monoisotopic (exact) mass is 258 g/mol. The maximum absolute atomic E-state index is 13.7. The molecular formula is C13H20ClFN2. The van der Waals surface area contributed by atoms with Gasteiger partial charge in [-0.15, -0.1) is 12.4 Å². The highest BCUT2D eigenvalue weighted by Crippen LogP contribution is 2.19. The number of nitrogens with zero attached hydrogens (tertiary/aromatic N) is 1. The van der Waals surface area contributed by atoms with Gasteiger partial charge in [-0.2, -0.15) is 0 Å². The number of benzene rings is 1. The molecule has 0 aromatic heterocycles. The van der Waals surface area contributed by atoms with Crippen LogP contribution in [-0.4, -0.2) is 24.0 Å². The van der Waals surface area contributed by atoms with Crippen molar-refractivity contribution in [1.29, 1.82) is 0 Å². The van der Waals surface area contributed by atoms with Gasteiger partial charge in [-0.25, -0.2) is 4.39 Å². The maximum Gasteiger partial charge on any atom is 0.127 e. The average molecular weight is 259 g/mol. The molecule has 1 fully saturated rings. The lowest BCUT2D eigenvalue weighted by Crippen LogP contribution is -2.26. The highest BCUT2D eigenvalue weighted by atomic mass is 35.5. The quantitative estimate of drug-likeness (QED) is 0.902. The van der Waals surface area contributed by atoms with E-state index in [1.807, 2.05) is 6.07 Å². The van der Waals surface area contributed by atoms with Crippen LogP contribution < -0.4 is 5.73 Å². The molecule has 1 unspecified atom stereocenters. The Morgan fingerprint density at radius 1 is 1.47 bits per heavy atom. The Morgan fingerprint density at radius 3 is 2.82 bits per heavy atom. The first kappa shape index (κ1) is 14.4. The molecule has 0 bridgehead atoms. The number of aryl methyl sites for hydroxylation is 1. The maximum atomic E-state index is 13.7. The molecule has 0 radical (unpaired) electrons. The Bertz CT molecular complexity index is 370. The van der Waals surface area contributed by atoms with E-state index in [1.54, 1.807) is 12.1 Å². The van der Waals surface area contributed by atoms with E-state index in [0.29, 0.717) is 6.54 Å². The number of hydrogen-bond donors (Lipinski definition) is 1. The molecular weight excluding hydrogens is 239 g/mol. The lowest BCUT2D eigenvalue weighted by atomic mass is 10.0. The predicted octanol–water partition coefficient (Wildman–Crippen LogP) is 2.34.